The fourth-order valence-corrected chi connectivity index (χ4v) is 3.59. The van der Waals surface area contributed by atoms with E-state index in [1.807, 2.05) is 24.3 Å². The van der Waals surface area contributed by atoms with Crippen LogP contribution in [0.3, 0.4) is 0 Å². The third kappa shape index (κ3) is 6.86. The van der Waals surface area contributed by atoms with Crippen LogP contribution in [-0.2, 0) is 8.53 Å². The first-order valence-electron chi connectivity index (χ1n) is 8.22. The molecule has 0 radical (unpaired) electrons. The van der Waals surface area contributed by atoms with Crippen LogP contribution in [-0.4, -0.2) is 30.3 Å². The molecule has 0 aliphatic carbocycles. The van der Waals surface area contributed by atoms with Gasteiger partial charge in [0.15, 0.2) is 6.40 Å². The molecule has 1 aliphatic heterocycles. The number of hydrogen-bond acceptors (Lipinski definition) is 4. The molecule has 2 aromatic rings. The van der Waals surface area contributed by atoms with Gasteiger partial charge in [-0.25, -0.2) is 4.98 Å². The summed E-state index contributed by atoms with van der Waals surface area (Å²) in [6.07, 6.45) is 5.14. The molecule has 0 N–H and O–H groups in total. The fraction of sp³-hybridized carbons (Fsp3) is 0.444. The number of aliphatic imine (C=N–C) groups is 1. The number of alkyl halides is 3. The summed E-state index contributed by atoms with van der Waals surface area (Å²) in [6.45, 7) is 3.83. The van der Waals surface area contributed by atoms with Gasteiger partial charge in [-0.15, -0.1) is 11.8 Å². The summed E-state index contributed by atoms with van der Waals surface area (Å²) in [5.74, 6) is 1.07. The van der Waals surface area contributed by atoms with Crippen molar-refractivity contribution >= 4 is 63.9 Å². The van der Waals surface area contributed by atoms with E-state index in [1.165, 1.54) is 25.7 Å². The van der Waals surface area contributed by atoms with Gasteiger partial charge in [0.05, 0.1) is 17.8 Å². The number of para-hydroxylation sites is 1. The predicted molar refractivity (Wildman–Crippen MR) is 111 cm³/mol. The quantitative estimate of drug-likeness (QED) is 0.320. The maximum Gasteiger partial charge on any atom is 0.232 e. The Morgan fingerprint density at radius 1 is 1.20 bits per heavy atom. The number of unbranched alkanes of at least 4 members (excludes halogenated alkanes) is 2. The van der Waals surface area contributed by atoms with Crippen LogP contribution in [0.2, 0.25) is 0 Å². The van der Waals surface area contributed by atoms with E-state index >= 15 is 0 Å². The first-order valence-corrected chi connectivity index (χ1v) is 10.3. The van der Waals surface area contributed by atoms with Crippen LogP contribution in [0, 0.1) is 0 Å². The smallest absolute Gasteiger partial charge is 0.232 e. The second-order valence-corrected chi connectivity index (χ2v) is 8.88. The van der Waals surface area contributed by atoms with Gasteiger partial charge >= 0.3 is 0 Å². The zero-order valence-electron chi connectivity index (χ0n) is 14.1. The topological polar surface area (TPSA) is 34.5 Å². The normalized spacial score (nSPS) is 13.4. The Balaban J connectivity index is 0.000000386. The minimum atomic E-state index is -1.48. The number of hydrogen-bond donors (Lipinski definition) is 0. The first-order chi connectivity index (χ1) is 12.0. The van der Waals surface area contributed by atoms with Crippen molar-refractivity contribution in [2.75, 3.05) is 18.9 Å². The monoisotopic (exact) mass is 418 g/mol. The van der Waals surface area contributed by atoms with Gasteiger partial charge in [0.25, 0.3) is 0 Å². The zero-order valence-corrected chi connectivity index (χ0v) is 17.1. The molecule has 1 aliphatic rings. The van der Waals surface area contributed by atoms with Gasteiger partial charge in [-0.3, -0.25) is 4.99 Å². The Labute approximate surface area is 168 Å². The summed E-state index contributed by atoms with van der Waals surface area (Å²) in [7, 11) is 0. The number of ether oxygens (including phenoxy) is 1. The van der Waals surface area contributed by atoms with E-state index in [2.05, 4.69) is 27.7 Å². The second kappa shape index (κ2) is 10.5. The highest BCUT2D eigenvalue weighted by Crippen LogP contribution is 2.40. The van der Waals surface area contributed by atoms with Gasteiger partial charge in [-0.05, 0) is 24.3 Å². The maximum absolute atomic E-state index is 5.97. The van der Waals surface area contributed by atoms with E-state index in [0.29, 0.717) is 5.69 Å². The molecule has 25 heavy (non-hydrogen) atoms. The highest BCUT2D eigenvalue weighted by atomic mass is 35.6. The lowest BCUT2D eigenvalue weighted by Crippen LogP contribution is -2.04. The van der Waals surface area contributed by atoms with Crippen LogP contribution in [0.1, 0.15) is 31.9 Å². The number of nitrogens with zero attached hydrogens (tertiary/aromatic N) is 2. The average molecular weight is 420 g/mol. The minimum Gasteiger partial charge on any atom is -0.482 e. The molecular formula is C18H21Cl3N2OS. The van der Waals surface area contributed by atoms with Crippen molar-refractivity contribution in [2.24, 2.45) is 4.99 Å². The van der Waals surface area contributed by atoms with Gasteiger partial charge in [0.1, 0.15) is 6.61 Å². The molecule has 0 saturated heterocycles. The summed E-state index contributed by atoms with van der Waals surface area (Å²) >= 11 is 19.7. The van der Waals surface area contributed by atoms with Gasteiger partial charge < -0.3 is 4.74 Å². The molecule has 0 bridgehead atoms. The summed E-state index contributed by atoms with van der Waals surface area (Å²) in [5, 5.41) is 1.12. The van der Waals surface area contributed by atoms with Crippen molar-refractivity contribution in [1.82, 2.24) is 4.98 Å². The zero-order chi connectivity index (χ0) is 18.1. The predicted octanol–water partition coefficient (Wildman–Crippen LogP) is 6.39. The van der Waals surface area contributed by atoms with Gasteiger partial charge in [-0.1, -0.05) is 72.8 Å². The number of thioether (sulfide) groups is 1. The molecule has 1 aromatic carbocycles. The molecule has 3 rings (SSSR count). The third-order valence-electron chi connectivity index (χ3n) is 3.46. The minimum absolute atomic E-state index is 0.485. The Bertz CT molecular complexity index is 698. The SMILES string of the molecule is C1=NCCO1.CCCCCSc1cc(C(Cl)(Cl)Cl)nc2ccccc12. The van der Waals surface area contributed by atoms with Crippen LogP contribution in [0.25, 0.3) is 10.9 Å². The number of benzene rings is 1. The molecule has 1 aromatic heterocycles. The van der Waals surface area contributed by atoms with Crippen LogP contribution in [0.15, 0.2) is 40.2 Å². The van der Waals surface area contributed by atoms with E-state index in [4.69, 9.17) is 34.8 Å². The lowest BCUT2D eigenvalue weighted by Gasteiger charge is -2.14. The third-order valence-corrected chi connectivity index (χ3v) is 5.18. The van der Waals surface area contributed by atoms with Crippen LogP contribution < -0.4 is 0 Å². The summed E-state index contributed by atoms with van der Waals surface area (Å²) in [4.78, 5) is 9.31. The van der Waals surface area contributed by atoms with Crippen molar-refractivity contribution in [1.29, 1.82) is 0 Å². The molecule has 3 nitrogen and oxygen atoms in total. The molecule has 0 amide bonds. The van der Waals surface area contributed by atoms with Crippen molar-refractivity contribution in [3.05, 3.63) is 36.0 Å². The molecule has 2 heterocycles. The summed E-state index contributed by atoms with van der Waals surface area (Å²) in [6, 6.07) is 9.86. The Kier molecular flexibility index (Phi) is 8.63. The van der Waals surface area contributed by atoms with E-state index in [0.717, 1.165) is 34.7 Å². The lowest BCUT2D eigenvalue weighted by atomic mass is 10.2. The van der Waals surface area contributed by atoms with Crippen LogP contribution in [0.4, 0.5) is 0 Å². The Hall–Kier alpha value is -0.680. The summed E-state index contributed by atoms with van der Waals surface area (Å²) in [5.41, 5.74) is 1.36. The molecule has 0 atom stereocenters. The number of halogens is 3. The Morgan fingerprint density at radius 2 is 2.00 bits per heavy atom. The van der Waals surface area contributed by atoms with Crippen molar-refractivity contribution < 1.29 is 4.74 Å². The molecular weight excluding hydrogens is 399 g/mol. The van der Waals surface area contributed by atoms with E-state index in [-0.39, 0.29) is 0 Å². The maximum atomic E-state index is 5.97. The highest BCUT2D eigenvalue weighted by molar-refractivity contribution is 7.99. The van der Waals surface area contributed by atoms with Gasteiger partial charge in [-0.2, -0.15) is 0 Å². The van der Waals surface area contributed by atoms with Gasteiger partial charge in [0, 0.05) is 10.3 Å². The molecule has 0 fully saturated rings. The van der Waals surface area contributed by atoms with Crippen LogP contribution in [0.5, 0.6) is 0 Å². The first kappa shape index (κ1) is 20.6. The molecule has 136 valence electrons. The number of fused-ring (bicyclic) bond motifs is 1. The molecule has 0 spiro atoms. The van der Waals surface area contributed by atoms with Crippen LogP contribution >= 0.6 is 46.6 Å². The second-order valence-electron chi connectivity index (χ2n) is 5.46. The fourth-order valence-electron chi connectivity index (χ4n) is 2.21. The lowest BCUT2D eigenvalue weighted by molar-refractivity contribution is 0.361. The molecule has 7 heteroatoms. The summed E-state index contributed by atoms with van der Waals surface area (Å²) < 4.78 is 3.17. The van der Waals surface area contributed by atoms with E-state index in [1.54, 1.807) is 11.8 Å². The van der Waals surface area contributed by atoms with Gasteiger partial charge in [0.2, 0.25) is 3.79 Å². The largest absolute Gasteiger partial charge is 0.482 e. The average Bonchev–Trinajstić information content (AvgIpc) is 3.17. The number of aromatic nitrogens is 1. The Morgan fingerprint density at radius 3 is 2.60 bits per heavy atom. The van der Waals surface area contributed by atoms with Crippen molar-refractivity contribution in [3.63, 3.8) is 0 Å². The highest BCUT2D eigenvalue weighted by Gasteiger charge is 2.26. The molecule has 0 unspecified atom stereocenters. The molecule has 0 saturated carbocycles. The van der Waals surface area contributed by atoms with E-state index < -0.39 is 3.79 Å². The number of pyridine rings is 1. The van der Waals surface area contributed by atoms with Crippen molar-refractivity contribution in [2.45, 2.75) is 34.9 Å². The van der Waals surface area contributed by atoms with E-state index in [9.17, 15) is 0 Å². The standard InChI is InChI=1S/C15H16Cl3NS.C3H5NO/c1-2-3-6-9-20-13-10-14(15(16,17)18)19-12-8-5-4-7-11(12)13;1-2-5-3-4-1/h4-5,7-8,10H,2-3,6,9H2,1H3;3H,1-2H2. The van der Waals surface area contributed by atoms with Crippen molar-refractivity contribution in [3.8, 4) is 0 Å². The number of rotatable bonds is 5.